The SMILES string of the molecule is CCCc1cc(=O)[nH]c(SCC(=O)N(c2ccccc2)[C@@H]2C=CS(=O)(=O)C2)n1. The summed E-state index contributed by atoms with van der Waals surface area (Å²) in [6, 6.07) is 9.86. The molecule has 0 saturated carbocycles. The molecule has 9 heteroatoms. The van der Waals surface area contributed by atoms with Gasteiger partial charge >= 0.3 is 0 Å². The van der Waals surface area contributed by atoms with Crippen molar-refractivity contribution in [3.63, 3.8) is 0 Å². The normalized spacial score (nSPS) is 17.5. The number of carbonyl (C=O) groups excluding carboxylic acids is 1. The minimum absolute atomic E-state index is 0.0256. The monoisotopic (exact) mass is 419 g/mol. The lowest BCUT2D eigenvalue weighted by molar-refractivity contribution is -0.116. The number of thioether (sulfide) groups is 1. The highest BCUT2D eigenvalue weighted by Gasteiger charge is 2.31. The fourth-order valence-corrected chi connectivity index (χ4v) is 4.99. The Labute approximate surface area is 167 Å². The maximum Gasteiger partial charge on any atom is 0.251 e. The van der Waals surface area contributed by atoms with Crippen LogP contribution in [-0.2, 0) is 21.1 Å². The van der Waals surface area contributed by atoms with E-state index in [0.29, 0.717) is 23.0 Å². The second-order valence-electron chi connectivity index (χ2n) is 6.41. The predicted octanol–water partition coefficient (Wildman–Crippen LogP) is 2.16. The number of benzene rings is 1. The molecule has 0 aliphatic carbocycles. The van der Waals surface area contributed by atoms with E-state index in [9.17, 15) is 18.0 Å². The van der Waals surface area contributed by atoms with Gasteiger partial charge in [-0.1, -0.05) is 43.3 Å². The molecule has 0 fully saturated rings. The van der Waals surface area contributed by atoms with E-state index in [1.165, 1.54) is 17.0 Å². The zero-order valence-electron chi connectivity index (χ0n) is 15.4. The van der Waals surface area contributed by atoms with Gasteiger partial charge in [-0.2, -0.15) is 0 Å². The summed E-state index contributed by atoms with van der Waals surface area (Å²) in [6.45, 7) is 2.00. The van der Waals surface area contributed by atoms with E-state index in [1.807, 2.05) is 13.0 Å². The van der Waals surface area contributed by atoms with Crippen LogP contribution in [0.1, 0.15) is 19.0 Å². The van der Waals surface area contributed by atoms with Crippen molar-refractivity contribution in [1.29, 1.82) is 0 Å². The molecule has 2 aromatic rings. The number of hydrogen-bond donors (Lipinski definition) is 1. The molecule has 0 radical (unpaired) electrons. The molecular formula is C19H21N3O4S2. The maximum atomic E-state index is 13.0. The van der Waals surface area contributed by atoms with Crippen LogP contribution in [0.2, 0.25) is 0 Å². The topological polar surface area (TPSA) is 100 Å². The first kappa shape index (κ1) is 20.3. The Hall–Kier alpha value is -2.39. The number of nitrogens with one attached hydrogen (secondary N) is 1. The predicted molar refractivity (Wildman–Crippen MR) is 110 cm³/mol. The van der Waals surface area contributed by atoms with Gasteiger partial charge in [0.05, 0.1) is 17.5 Å². The van der Waals surface area contributed by atoms with Crippen LogP contribution in [0, 0.1) is 0 Å². The summed E-state index contributed by atoms with van der Waals surface area (Å²) < 4.78 is 23.7. The van der Waals surface area contributed by atoms with Crippen molar-refractivity contribution in [2.24, 2.45) is 0 Å². The van der Waals surface area contributed by atoms with Gasteiger partial charge in [0, 0.05) is 22.9 Å². The van der Waals surface area contributed by atoms with Gasteiger partial charge < -0.3 is 9.88 Å². The molecule has 0 spiro atoms. The molecule has 1 aliphatic rings. The summed E-state index contributed by atoms with van der Waals surface area (Å²) in [5, 5.41) is 1.54. The number of nitrogens with zero attached hydrogens (tertiary/aromatic N) is 2. The smallest absolute Gasteiger partial charge is 0.251 e. The van der Waals surface area contributed by atoms with E-state index in [2.05, 4.69) is 9.97 Å². The third kappa shape index (κ3) is 5.11. The van der Waals surface area contributed by atoms with Crippen LogP contribution < -0.4 is 10.5 Å². The number of aromatic nitrogens is 2. The number of aryl methyl sites for hydroxylation is 1. The second kappa shape index (κ2) is 8.74. The first-order chi connectivity index (χ1) is 13.4. The average Bonchev–Trinajstić information content (AvgIpc) is 3.00. The molecule has 3 rings (SSSR count). The molecule has 1 aromatic carbocycles. The molecule has 1 N–H and O–H groups in total. The van der Waals surface area contributed by atoms with E-state index in [1.54, 1.807) is 24.3 Å². The van der Waals surface area contributed by atoms with Crippen LogP contribution in [0.4, 0.5) is 5.69 Å². The number of amides is 1. The Morgan fingerprint density at radius 2 is 2.07 bits per heavy atom. The lowest BCUT2D eigenvalue weighted by Crippen LogP contribution is -2.42. The fourth-order valence-electron chi connectivity index (χ4n) is 2.96. The number of H-pyrrole nitrogens is 1. The van der Waals surface area contributed by atoms with Crippen molar-refractivity contribution in [1.82, 2.24) is 9.97 Å². The van der Waals surface area contributed by atoms with Crippen LogP contribution in [-0.4, -0.2) is 41.8 Å². The van der Waals surface area contributed by atoms with Crippen molar-refractivity contribution < 1.29 is 13.2 Å². The minimum Gasteiger partial charge on any atom is -0.304 e. The average molecular weight is 420 g/mol. The first-order valence-electron chi connectivity index (χ1n) is 8.89. The number of carbonyl (C=O) groups is 1. The molecule has 7 nitrogen and oxygen atoms in total. The summed E-state index contributed by atoms with van der Waals surface area (Å²) in [5.74, 6) is -0.372. The molecule has 2 heterocycles. The van der Waals surface area contributed by atoms with Crippen molar-refractivity contribution in [2.75, 3.05) is 16.4 Å². The first-order valence-corrected chi connectivity index (χ1v) is 11.6. The lowest BCUT2D eigenvalue weighted by atomic mass is 10.2. The van der Waals surface area contributed by atoms with E-state index in [-0.39, 0.29) is 23.0 Å². The Kier molecular flexibility index (Phi) is 6.35. The van der Waals surface area contributed by atoms with Gasteiger partial charge in [-0.25, -0.2) is 13.4 Å². The summed E-state index contributed by atoms with van der Waals surface area (Å²) >= 11 is 1.13. The quantitative estimate of drug-likeness (QED) is 0.545. The van der Waals surface area contributed by atoms with Crippen LogP contribution >= 0.6 is 11.8 Å². The third-order valence-corrected chi connectivity index (χ3v) is 6.39. The number of para-hydroxylation sites is 1. The molecule has 0 saturated heterocycles. The van der Waals surface area contributed by atoms with Gasteiger partial charge in [-0.15, -0.1) is 0 Å². The molecular weight excluding hydrogens is 398 g/mol. The number of sulfone groups is 1. The van der Waals surface area contributed by atoms with E-state index in [0.717, 1.165) is 23.6 Å². The number of rotatable bonds is 7. The minimum atomic E-state index is -3.31. The number of hydrogen-bond acceptors (Lipinski definition) is 6. The van der Waals surface area contributed by atoms with Gasteiger partial charge in [-0.3, -0.25) is 9.59 Å². The molecule has 1 aliphatic heterocycles. The zero-order valence-corrected chi connectivity index (χ0v) is 17.0. The van der Waals surface area contributed by atoms with Gasteiger partial charge in [-0.05, 0) is 24.6 Å². The Morgan fingerprint density at radius 3 is 2.71 bits per heavy atom. The van der Waals surface area contributed by atoms with Crippen molar-refractivity contribution in [3.8, 4) is 0 Å². The molecule has 1 aromatic heterocycles. The lowest BCUT2D eigenvalue weighted by Gasteiger charge is -2.27. The largest absolute Gasteiger partial charge is 0.304 e. The third-order valence-electron chi connectivity index (χ3n) is 4.16. The summed E-state index contributed by atoms with van der Waals surface area (Å²) in [7, 11) is -3.31. The van der Waals surface area contributed by atoms with Gasteiger partial charge in [0.1, 0.15) is 0 Å². The molecule has 28 heavy (non-hydrogen) atoms. The molecule has 0 bridgehead atoms. The summed E-state index contributed by atoms with van der Waals surface area (Å²) in [6.07, 6.45) is 3.09. The zero-order chi connectivity index (χ0) is 20.1. The Morgan fingerprint density at radius 1 is 1.32 bits per heavy atom. The van der Waals surface area contributed by atoms with Gasteiger partial charge in [0.25, 0.3) is 5.56 Å². The molecule has 0 unspecified atom stereocenters. The van der Waals surface area contributed by atoms with Crippen LogP contribution in [0.5, 0.6) is 0 Å². The Bertz CT molecular complexity index is 1030. The highest BCUT2D eigenvalue weighted by Crippen LogP contribution is 2.24. The van der Waals surface area contributed by atoms with Crippen LogP contribution in [0.25, 0.3) is 0 Å². The molecule has 1 atom stereocenters. The van der Waals surface area contributed by atoms with Crippen LogP contribution in [0.15, 0.2) is 57.8 Å². The maximum absolute atomic E-state index is 13.0. The van der Waals surface area contributed by atoms with E-state index in [4.69, 9.17) is 0 Å². The molecule has 148 valence electrons. The number of anilines is 1. The fraction of sp³-hybridized carbons (Fsp3) is 0.316. The van der Waals surface area contributed by atoms with Crippen LogP contribution in [0.3, 0.4) is 0 Å². The van der Waals surface area contributed by atoms with Crippen molar-refractivity contribution >= 4 is 33.2 Å². The van der Waals surface area contributed by atoms with Crippen molar-refractivity contribution in [3.05, 3.63) is 63.9 Å². The van der Waals surface area contributed by atoms with E-state index < -0.39 is 15.9 Å². The standard InChI is InChI=1S/C19H21N3O4S2/c1-2-6-14-11-17(23)21-19(20-14)27-12-18(24)22(15-7-4-3-5-8-15)16-9-10-28(25,26)13-16/h3-5,7-11,16H,2,6,12-13H2,1H3,(H,20,21,23)/t16-/m1/s1. The number of aromatic amines is 1. The Balaban J connectivity index is 1.79. The highest BCUT2D eigenvalue weighted by atomic mass is 32.2. The van der Waals surface area contributed by atoms with E-state index >= 15 is 0 Å². The summed E-state index contributed by atoms with van der Waals surface area (Å²) in [4.78, 5) is 33.3. The van der Waals surface area contributed by atoms with Gasteiger partial charge in [0.15, 0.2) is 15.0 Å². The van der Waals surface area contributed by atoms with Crippen molar-refractivity contribution in [2.45, 2.75) is 31.0 Å². The molecule has 1 amide bonds. The highest BCUT2D eigenvalue weighted by molar-refractivity contribution is 7.99. The second-order valence-corrected chi connectivity index (χ2v) is 9.30. The summed E-state index contributed by atoms with van der Waals surface area (Å²) in [5.41, 5.74) is 1.06. The van der Waals surface area contributed by atoms with Gasteiger partial charge in [0.2, 0.25) is 5.91 Å².